The maximum atomic E-state index is 13.9. The Morgan fingerprint density at radius 1 is 1.09 bits per heavy atom. The summed E-state index contributed by atoms with van der Waals surface area (Å²) in [5.41, 5.74) is 0.629. The number of carbonyl (C=O) groups excluding carboxylic acids is 2. The molecule has 2 aromatic rings. The molecule has 178 valence electrons. The van der Waals surface area contributed by atoms with Gasteiger partial charge in [-0.2, -0.15) is 13.2 Å². The molecule has 0 unspecified atom stereocenters. The number of esters is 1. The van der Waals surface area contributed by atoms with Gasteiger partial charge in [-0.1, -0.05) is 30.3 Å². The van der Waals surface area contributed by atoms with Crippen molar-refractivity contribution < 1.29 is 31.9 Å². The Kier molecular flexibility index (Phi) is 6.34. The lowest BCUT2D eigenvalue weighted by atomic mass is 9.71. The van der Waals surface area contributed by atoms with Gasteiger partial charge in [-0.25, -0.2) is 9.18 Å². The lowest BCUT2D eigenvalue weighted by molar-refractivity contribution is -0.140. The first-order chi connectivity index (χ1) is 16.1. The third-order valence-corrected chi connectivity index (χ3v) is 6.24. The normalized spacial score (nSPS) is 20.7. The van der Waals surface area contributed by atoms with E-state index < -0.39 is 29.4 Å². The fourth-order valence-electron chi connectivity index (χ4n) is 4.81. The van der Waals surface area contributed by atoms with Crippen molar-refractivity contribution in [2.24, 2.45) is 0 Å². The summed E-state index contributed by atoms with van der Waals surface area (Å²) in [7, 11) is 0. The number of hydrogen-bond acceptors (Lipinski definition) is 4. The van der Waals surface area contributed by atoms with Crippen LogP contribution in [0.3, 0.4) is 0 Å². The second-order valence-corrected chi connectivity index (χ2v) is 8.37. The highest BCUT2D eigenvalue weighted by molar-refractivity contribution is 6.04. The zero-order valence-corrected chi connectivity index (χ0v) is 18.6. The van der Waals surface area contributed by atoms with Crippen molar-refractivity contribution in [3.8, 4) is 0 Å². The smallest absolute Gasteiger partial charge is 0.416 e. The molecule has 2 atom stereocenters. The second-order valence-electron chi connectivity index (χ2n) is 8.37. The third-order valence-electron chi connectivity index (χ3n) is 6.24. The van der Waals surface area contributed by atoms with Crippen LogP contribution in [0, 0.1) is 5.82 Å². The standard InChI is InChI=1S/C26H23F4NO3/c1-3-34-25(33)22-14(2)31-20-12-16(15-8-10-17(27)11-9-15)13-21(32)24(20)23(22)18-6-4-5-7-19(18)26(28,29)30/h4-11,16,23,31H,3,12-13H2,1-2H3/t16-,23+/m0/s1. The van der Waals surface area contributed by atoms with Gasteiger partial charge in [0.1, 0.15) is 5.82 Å². The maximum absolute atomic E-state index is 13.9. The number of nitrogens with one attached hydrogen (secondary N) is 1. The number of dihydropyridines is 1. The SMILES string of the molecule is CCOC(=O)C1=C(C)NC2=C(C(=O)C[C@@H](c3ccc(F)cc3)C2)[C@@H]1c1ccccc1C(F)(F)F. The quantitative estimate of drug-likeness (QED) is 0.453. The predicted octanol–water partition coefficient (Wildman–Crippen LogP) is 5.77. The Balaban J connectivity index is 1.87. The highest BCUT2D eigenvalue weighted by Crippen LogP contribution is 2.48. The first-order valence-corrected chi connectivity index (χ1v) is 10.9. The van der Waals surface area contributed by atoms with Crippen molar-refractivity contribution in [3.05, 3.63) is 93.6 Å². The Bertz CT molecular complexity index is 1200. The summed E-state index contributed by atoms with van der Waals surface area (Å²) in [5, 5.41) is 3.09. The van der Waals surface area contributed by atoms with Crippen LogP contribution in [0.25, 0.3) is 0 Å². The predicted molar refractivity (Wildman–Crippen MR) is 117 cm³/mol. The Morgan fingerprint density at radius 3 is 2.41 bits per heavy atom. The van der Waals surface area contributed by atoms with Crippen molar-refractivity contribution >= 4 is 11.8 Å². The molecule has 2 aromatic carbocycles. The van der Waals surface area contributed by atoms with Crippen LogP contribution in [0.5, 0.6) is 0 Å². The Morgan fingerprint density at radius 2 is 1.76 bits per heavy atom. The lowest BCUT2D eigenvalue weighted by Gasteiger charge is -2.37. The average molecular weight is 473 g/mol. The molecule has 8 heteroatoms. The van der Waals surface area contributed by atoms with Crippen LogP contribution >= 0.6 is 0 Å². The van der Waals surface area contributed by atoms with Crippen LogP contribution in [-0.4, -0.2) is 18.4 Å². The van der Waals surface area contributed by atoms with Gasteiger partial charge in [-0.05, 0) is 55.5 Å². The summed E-state index contributed by atoms with van der Waals surface area (Å²) in [5.74, 6) is -3.01. The van der Waals surface area contributed by atoms with E-state index in [0.29, 0.717) is 17.8 Å². The van der Waals surface area contributed by atoms with Crippen LogP contribution < -0.4 is 5.32 Å². The van der Waals surface area contributed by atoms with E-state index in [1.165, 1.54) is 30.3 Å². The van der Waals surface area contributed by atoms with Gasteiger partial charge in [-0.3, -0.25) is 4.79 Å². The van der Waals surface area contributed by atoms with Crippen molar-refractivity contribution in [2.45, 2.75) is 44.7 Å². The topological polar surface area (TPSA) is 55.4 Å². The molecule has 1 N–H and O–H groups in total. The number of allylic oxidation sites excluding steroid dienone is 3. The van der Waals surface area contributed by atoms with Crippen molar-refractivity contribution in [3.63, 3.8) is 0 Å². The third kappa shape index (κ3) is 4.36. The highest BCUT2D eigenvalue weighted by Gasteiger charge is 2.45. The molecule has 0 spiro atoms. The second kappa shape index (κ2) is 9.08. The minimum atomic E-state index is -4.68. The molecular weight excluding hydrogens is 450 g/mol. The summed E-state index contributed by atoms with van der Waals surface area (Å²) < 4.78 is 60.3. The molecule has 1 aliphatic heterocycles. The molecule has 4 rings (SSSR count). The van der Waals surface area contributed by atoms with Gasteiger partial charge in [0, 0.05) is 29.3 Å². The molecular formula is C26H23F4NO3. The van der Waals surface area contributed by atoms with Gasteiger partial charge in [0.05, 0.1) is 17.7 Å². The van der Waals surface area contributed by atoms with Gasteiger partial charge < -0.3 is 10.1 Å². The monoisotopic (exact) mass is 473 g/mol. The average Bonchev–Trinajstić information content (AvgIpc) is 2.78. The summed E-state index contributed by atoms with van der Waals surface area (Å²) in [6, 6.07) is 10.8. The maximum Gasteiger partial charge on any atom is 0.416 e. The lowest BCUT2D eigenvalue weighted by Crippen LogP contribution is -2.36. The zero-order valence-electron chi connectivity index (χ0n) is 18.6. The molecule has 0 saturated carbocycles. The fourth-order valence-corrected chi connectivity index (χ4v) is 4.81. The van der Waals surface area contributed by atoms with Crippen LogP contribution in [0.1, 0.15) is 55.2 Å². The molecule has 0 fully saturated rings. The van der Waals surface area contributed by atoms with Gasteiger partial charge in [0.15, 0.2) is 5.78 Å². The van der Waals surface area contributed by atoms with E-state index in [-0.39, 0.29) is 41.4 Å². The van der Waals surface area contributed by atoms with E-state index >= 15 is 0 Å². The molecule has 1 aliphatic carbocycles. The van der Waals surface area contributed by atoms with Crippen LogP contribution in [-0.2, 0) is 20.5 Å². The Hall–Kier alpha value is -3.42. The summed E-state index contributed by atoms with van der Waals surface area (Å²) in [6.07, 6.45) is -4.30. The molecule has 0 radical (unpaired) electrons. The molecule has 0 saturated heterocycles. The highest BCUT2D eigenvalue weighted by atomic mass is 19.4. The molecule has 2 aliphatic rings. The van der Waals surface area contributed by atoms with E-state index in [0.717, 1.165) is 11.6 Å². The number of ether oxygens (including phenoxy) is 1. The molecule has 4 nitrogen and oxygen atoms in total. The summed E-state index contributed by atoms with van der Waals surface area (Å²) in [4.78, 5) is 26.3. The molecule has 34 heavy (non-hydrogen) atoms. The largest absolute Gasteiger partial charge is 0.463 e. The number of hydrogen-bond donors (Lipinski definition) is 1. The number of Topliss-reactive ketones (excluding diaryl/α,β-unsaturated/α-hetero) is 1. The number of ketones is 1. The van der Waals surface area contributed by atoms with Crippen LogP contribution in [0.15, 0.2) is 71.1 Å². The number of alkyl halides is 3. The van der Waals surface area contributed by atoms with E-state index in [9.17, 15) is 27.2 Å². The van der Waals surface area contributed by atoms with E-state index in [4.69, 9.17) is 4.74 Å². The molecule has 0 amide bonds. The van der Waals surface area contributed by atoms with Crippen molar-refractivity contribution in [1.29, 1.82) is 0 Å². The minimum absolute atomic E-state index is 0.00844. The first-order valence-electron chi connectivity index (χ1n) is 10.9. The van der Waals surface area contributed by atoms with Gasteiger partial charge >= 0.3 is 12.1 Å². The number of rotatable bonds is 4. The molecule has 0 bridgehead atoms. The zero-order chi connectivity index (χ0) is 24.6. The summed E-state index contributed by atoms with van der Waals surface area (Å²) in [6.45, 7) is 3.23. The number of benzene rings is 2. The van der Waals surface area contributed by atoms with Crippen LogP contribution in [0.4, 0.5) is 17.6 Å². The van der Waals surface area contributed by atoms with Gasteiger partial charge in [0.25, 0.3) is 0 Å². The molecule has 1 heterocycles. The van der Waals surface area contributed by atoms with Crippen LogP contribution in [0.2, 0.25) is 0 Å². The number of carbonyl (C=O) groups is 2. The summed E-state index contributed by atoms with van der Waals surface area (Å²) >= 11 is 0. The van der Waals surface area contributed by atoms with E-state index in [2.05, 4.69) is 5.32 Å². The van der Waals surface area contributed by atoms with Gasteiger partial charge in [-0.15, -0.1) is 0 Å². The van der Waals surface area contributed by atoms with E-state index in [1.807, 2.05) is 0 Å². The Labute approximate surface area is 194 Å². The van der Waals surface area contributed by atoms with Crippen molar-refractivity contribution in [1.82, 2.24) is 5.32 Å². The van der Waals surface area contributed by atoms with Crippen molar-refractivity contribution in [2.75, 3.05) is 6.61 Å². The fraction of sp³-hybridized carbons (Fsp3) is 0.308. The first kappa shape index (κ1) is 23.7. The molecule has 0 aromatic heterocycles. The number of halogens is 4. The van der Waals surface area contributed by atoms with Gasteiger partial charge in [0.2, 0.25) is 0 Å². The van der Waals surface area contributed by atoms with E-state index in [1.54, 1.807) is 26.0 Å². The minimum Gasteiger partial charge on any atom is -0.463 e.